The largest absolute Gasteiger partial charge is 0.446 e. The number of anilines is 1. The van der Waals surface area contributed by atoms with Gasteiger partial charge in [-0.15, -0.1) is 0 Å². The number of hydrogen-bond acceptors (Lipinski definition) is 4. The zero-order chi connectivity index (χ0) is 20.3. The van der Waals surface area contributed by atoms with Crippen LogP contribution >= 0.6 is 0 Å². The van der Waals surface area contributed by atoms with Crippen LogP contribution in [0.15, 0.2) is 48.5 Å². The van der Waals surface area contributed by atoms with E-state index < -0.39 is 0 Å². The molecule has 2 aromatic rings. The lowest BCUT2D eigenvalue weighted by atomic mass is 10.0. The van der Waals surface area contributed by atoms with Gasteiger partial charge in [0, 0.05) is 11.3 Å². The summed E-state index contributed by atoms with van der Waals surface area (Å²) in [6.07, 6.45) is -0.245. The molecule has 0 bridgehead atoms. The monoisotopic (exact) mass is 380 g/mol. The number of ether oxygens (including phenoxy) is 1. The van der Waals surface area contributed by atoms with E-state index in [0.717, 1.165) is 35.5 Å². The Bertz CT molecular complexity index is 843. The highest BCUT2D eigenvalue weighted by Crippen LogP contribution is 2.29. The van der Waals surface area contributed by atoms with E-state index in [1.807, 2.05) is 76.2 Å². The minimum absolute atomic E-state index is 0.0175. The van der Waals surface area contributed by atoms with Crippen molar-refractivity contribution in [3.05, 3.63) is 65.2 Å². The van der Waals surface area contributed by atoms with Gasteiger partial charge in [0.25, 0.3) is 5.91 Å². The van der Waals surface area contributed by atoms with Crippen molar-refractivity contribution in [3.63, 3.8) is 0 Å². The third-order valence-corrected chi connectivity index (χ3v) is 5.49. The molecular formula is C23H28N2O3. The number of amides is 1. The summed E-state index contributed by atoms with van der Waals surface area (Å²) in [4.78, 5) is 29.0. The third-order valence-electron chi connectivity index (χ3n) is 5.49. The van der Waals surface area contributed by atoms with Crippen molar-refractivity contribution in [2.24, 2.45) is 0 Å². The molecular weight excluding hydrogens is 352 g/mol. The Kier molecular flexibility index (Phi) is 6.15. The summed E-state index contributed by atoms with van der Waals surface area (Å²) in [5.41, 5.74) is 3.51. The Hall–Kier alpha value is -2.66. The van der Waals surface area contributed by atoms with E-state index >= 15 is 0 Å². The molecule has 2 aromatic carbocycles. The number of rotatable bonds is 7. The third kappa shape index (κ3) is 3.94. The molecule has 0 radical (unpaired) electrons. The van der Waals surface area contributed by atoms with Crippen molar-refractivity contribution >= 4 is 17.6 Å². The standard InChI is InChI=1S/C23H28N2O3/c1-5-24(6-2)17(4)28-23(27)16(3)18-11-13-20(14-12-18)25-15-19-9-7-8-10-21(19)22(25)26/h7-14,16-17H,5-6,15H2,1-4H3. The van der Waals surface area contributed by atoms with E-state index in [1.54, 1.807) is 4.90 Å². The van der Waals surface area contributed by atoms with Gasteiger partial charge in [-0.1, -0.05) is 44.2 Å². The summed E-state index contributed by atoms with van der Waals surface area (Å²) in [6, 6.07) is 15.3. The molecule has 0 fully saturated rings. The van der Waals surface area contributed by atoms with Gasteiger partial charge in [0.1, 0.15) is 0 Å². The van der Waals surface area contributed by atoms with Crippen molar-refractivity contribution in [2.75, 3.05) is 18.0 Å². The van der Waals surface area contributed by atoms with Crippen LogP contribution < -0.4 is 4.90 Å². The molecule has 0 aliphatic carbocycles. The van der Waals surface area contributed by atoms with Gasteiger partial charge in [0.15, 0.2) is 6.23 Å². The minimum atomic E-state index is -0.362. The van der Waals surface area contributed by atoms with E-state index in [2.05, 4.69) is 4.90 Å². The Labute approximate surface area is 166 Å². The molecule has 0 saturated carbocycles. The second-order valence-corrected chi connectivity index (χ2v) is 7.12. The SMILES string of the molecule is CCN(CC)C(C)OC(=O)C(C)c1ccc(N2Cc3ccccc3C2=O)cc1. The molecule has 0 saturated heterocycles. The number of esters is 1. The number of fused-ring (bicyclic) bond motifs is 1. The van der Waals surface area contributed by atoms with Crippen molar-refractivity contribution in [3.8, 4) is 0 Å². The molecule has 1 heterocycles. The molecule has 1 aliphatic rings. The van der Waals surface area contributed by atoms with E-state index in [-0.39, 0.29) is 24.0 Å². The Morgan fingerprint density at radius 1 is 1.07 bits per heavy atom. The molecule has 3 rings (SSSR count). The normalized spacial score (nSPS) is 15.5. The molecule has 5 heteroatoms. The first-order valence-electron chi connectivity index (χ1n) is 9.90. The maximum Gasteiger partial charge on any atom is 0.314 e. The number of carbonyl (C=O) groups excluding carboxylic acids is 2. The van der Waals surface area contributed by atoms with Crippen LogP contribution in [0.5, 0.6) is 0 Å². The Morgan fingerprint density at radius 3 is 2.32 bits per heavy atom. The first kappa shape index (κ1) is 20.1. The molecule has 0 spiro atoms. The van der Waals surface area contributed by atoms with Crippen LogP contribution in [0.1, 0.15) is 55.1 Å². The number of benzene rings is 2. The summed E-state index contributed by atoms with van der Waals surface area (Å²) < 4.78 is 5.62. The molecule has 2 atom stereocenters. The van der Waals surface area contributed by atoms with Crippen LogP contribution in [0.4, 0.5) is 5.69 Å². The second-order valence-electron chi connectivity index (χ2n) is 7.12. The lowest BCUT2D eigenvalue weighted by Crippen LogP contribution is -2.37. The summed E-state index contributed by atoms with van der Waals surface area (Å²) in [5, 5.41) is 0. The fraction of sp³-hybridized carbons (Fsp3) is 0.391. The Balaban J connectivity index is 1.67. The molecule has 5 nitrogen and oxygen atoms in total. The molecule has 1 aliphatic heterocycles. The average Bonchev–Trinajstić information content (AvgIpc) is 3.05. The molecule has 148 valence electrons. The van der Waals surface area contributed by atoms with Crippen LogP contribution in [0.2, 0.25) is 0 Å². The van der Waals surface area contributed by atoms with Crippen LogP contribution in [0.3, 0.4) is 0 Å². The maximum absolute atomic E-state index is 12.6. The van der Waals surface area contributed by atoms with Gasteiger partial charge in [-0.05, 0) is 56.3 Å². The van der Waals surface area contributed by atoms with Gasteiger partial charge >= 0.3 is 5.97 Å². The van der Waals surface area contributed by atoms with Gasteiger partial charge in [0.05, 0.1) is 12.5 Å². The Morgan fingerprint density at radius 2 is 1.71 bits per heavy atom. The predicted octanol–water partition coefficient (Wildman–Crippen LogP) is 4.18. The van der Waals surface area contributed by atoms with Crippen molar-refractivity contribution in [1.29, 1.82) is 0 Å². The predicted molar refractivity (Wildman–Crippen MR) is 110 cm³/mol. The summed E-state index contributed by atoms with van der Waals surface area (Å²) in [7, 11) is 0. The quantitative estimate of drug-likeness (QED) is 0.534. The van der Waals surface area contributed by atoms with E-state index in [9.17, 15) is 9.59 Å². The van der Waals surface area contributed by atoms with E-state index in [4.69, 9.17) is 4.74 Å². The fourth-order valence-corrected chi connectivity index (χ4v) is 3.62. The van der Waals surface area contributed by atoms with E-state index in [1.165, 1.54) is 0 Å². The zero-order valence-electron chi connectivity index (χ0n) is 17.0. The second kappa shape index (κ2) is 8.57. The van der Waals surface area contributed by atoms with Crippen LogP contribution in [-0.4, -0.2) is 36.1 Å². The highest BCUT2D eigenvalue weighted by Gasteiger charge is 2.28. The fourth-order valence-electron chi connectivity index (χ4n) is 3.62. The maximum atomic E-state index is 12.6. The summed E-state index contributed by atoms with van der Waals surface area (Å²) in [5.74, 6) is -0.584. The van der Waals surface area contributed by atoms with Gasteiger partial charge in [-0.3, -0.25) is 14.5 Å². The topological polar surface area (TPSA) is 49.9 Å². The summed E-state index contributed by atoms with van der Waals surface area (Å²) >= 11 is 0. The highest BCUT2D eigenvalue weighted by molar-refractivity contribution is 6.09. The number of carbonyl (C=O) groups is 2. The van der Waals surface area contributed by atoms with Crippen molar-refractivity contribution in [1.82, 2.24) is 4.90 Å². The average molecular weight is 380 g/mol. The minimum Gasteiger partial charge on any atom is -0.446 e. The van der Waals surface area contributed by atoms with Gasteiger partial charge in [0.2, 0.25) is 0 Å². The molecule has 0 aromatic heterocycles. The number of hydrogen-bond donors (Lipinski definition) is 0. The number of nitrogens with zero attached hydrogens (tertiary/aromatic N) is 2. The molecule has 28 heavy (non-hydrogen) atoms. The van der Waals surface area contributed by atoms with Crippen molar-refractivity contribution in [2.45, 2.75) is 46.4 Å². The zero-order valence-corrected chi connectivity index (χ0v) is 17.0. The van der Waals surface area contributed by atoms with Crippen LogP contribution in [0, 0.1) is 0 Å². The van der Waals surface area contributed by atoms with Crippen LogP contribution in [0.25, 0.3) is 0 Å². The first-order chi connectivity index (χ1) is 13.5. The van der Waals surface area contributed by atoms with Crippen molar-refractivity contribution < 1.29 is 14.3 Å². The molecule has 2 unspecified atom stereocenters. The van der Waals surface area contributed by atoms with Gasteiger partial charge in [-0.25, -0.2) is 0 Å². The molecule has 0 N–H and O–H groups in total. The van der Waals surface area contributed by atoms with Crippen LogP contribution in [-0.2, 0) is 16.1 Å². The first-order valence-corrected chi connectivity index (χ1v) is 9.90. The van der Waals surface area contributed by atoms with Gasteiger partial charge in [-0.2, -0.15) is 0 Å². The lowest BCUT2D eigenvalue weighted by Gasteiger charge is -2.27. The van der Waals surface area contributed by atoms with Gasteiger partial charge < -0.3 is 9.64 Å². The molecule has 1 amide bonds. The lowest BCUT2D eigenvalue weighted by molar-refractivity contribution is -0.158. The highest BCUT2D eigenvalue weighted by atomic mass is 16.6. The smallest absolute Gasteiger partial charge is 0.314 e. The summed E-state index contributed by atoms with van der Waals surface area (Å²) in [6.45, 7) is 10.1. The van der Waals surface area contributed by atoms with E-state index in [0.29, 0.717) is 6.54 Å².